The molecule has 0 radical (unpaired) electrons. The zero-order valence-corrected chi connectivity index (χ0v) is 14.6. The van der Waals surface area contributed by atoms with Crippen LogP contribution < -0.4 is 0 Å². The van der Waals surface area contributed by atoms with Crippen LogP contribution >= 0.6 is 0 Å². The first-order chi connectivity index (χ1) is 11.7. The standard InChI is InChI=1S/C19H24O6/c1-10(2)18(20)23-15-8-11(3)6-7-14(25-22)12(4)9-16-17(15)13(5)19(21)24-16/h8,14-17,22H,1,4-7,9H2,2-3H3/b11-8+/t14-,15+,16-,17-/m0/s1. The van der Waals surface area contributed by atoms with E-state index in [1.54, 1.807) is 13.0 Å². The van der Waals surface area contributed by atoms with Gasteiger partial charge in [-0.3, -0.25) is 5.26 Å². The number of hydrogen-bond donors (Lipinski definition) is 1. The predicted octanol–water partition coefficient (Wildman–Crippen LogP) is 3.12. The van der Waals surface area contributed by atoms with Crippen molar-refractivity contribution in [1.82, 2.24) is 0 Å². The van der Waals surface area contributed by atoms with Crippen molar-refractivity contribution in [2.24, 2.45) is 5.92 Å². The van der Waals surface area contributed by atoms with Crippen LogP contribution in [0.25, 0.3) is 0 Å². The SMILES string of the molecule is C=C(C)C(=O)O[C@@H]1/C=C(\C)CC[C@H](OO)C(=C)C[C@@H]2OC(=O)C(=C)[C@H]21. The molecule has 1 aliphatic carbocycles. The molecule has 2 aliphatic rings. The maximum Gasteiger partial charge on any atom is 0.334 e. The lowest BCUT2D eigenvalue weighted by Crippen LogP contribution is -2.34. The van der Waals surface area contributed by atoms with Crippen LogP contribution in [0.3, 0.4) is 0 Å². The smallest absolute Gasteiger partial charge is 0.334 e. The highest BCUT2D eigenvalue weighted by molar-refractivity contribution is 5.91. The average Bonchev–Trinajstić information content (AvgIpc) is 2.80. The summed E-state index contributed by atoms with van der Waals surface area (Å²) in [5.41, 5.74) is 2.07. The molecule has 4 atom stereocenters. The Kier molecular flexibility index (Phi) is 5.98. The Balaban J connectivity index is 2.41. The second kappa shape index (κ2) is 7.80. The van der Waals surface area contributed by atoms with Crippen LogP contribution in [0.2, 0.25) is 0 Å². The van der Waals surface area contributed by atoms with Crippen molar-refractivity contribution in [3.63, 3.8) is 0 Å². The van der Waals surface area contributed by atoms with Gasteiger partial charge in [0.25, 0.3) is 0 Å². The highest BCUT2D eigenvalue weighted by Gasteiger charge is 2.45. The first-order valence-corrected chi connectivity index (χ1v) is 8.16. The summed E-state index contributed by atoms with van der Waals surface area (Å²) < 4.78 is 11.0. The molecule has 0 unspecified atom stereocenters. The summed E-state index contributed by atoms with van der Waals surface area (Å²) in [6.45, 7) is 14.8. The van der Waals surface area contributed by atoms with E-state index in [9.17, 15) is 9.59 Å². The Morgan fingerprint density at radius 2 is 2.08 bits per heavy atom. The minimum atomic E-state index is -0.687. The minimum Gasteiger partial charge on any atom is -0.458 e. The van der Waals surface area contributed by atoms with Crippen LogP contribution in [-0.2, 0) is 24.0 Å². The van der Waals surface area contributed by atoms with Gasteiger partial charge in [-0.05, 0) is 38.3 Å². The van der Waals surface area contributed by atoms with Crippen LogP contribution in [0.1, 0.15) is 33.1 Å². The highest BCUT2D eigenvalue weighted by Crippen LogP contribution is 2.37. The normalized spacial score (nSPS) is 32.3. The molecule has 0 bridgehead atoms. The predicted molar refractivity (Wildman–Crippen MR) is 91.5 cm³/mol. The lowest BCUT2D eigenvalue weighted by atomic mass is 9.84. The molecule has 1 aliphatic heterocycles. The van der Waals surface area contributed by atoms with Crippen LogP contribution in [0.4, 0.5) is 0 Å². The Bertz CT molecular complexity index is 644. The van der Waals surface area contributed by atoms with E-state index in [4.69, 9.17) is 14.7 Å². The van der Waals surface area contributed by atoms with E-state index >= 15 is 0 Å². The van der Waals surface area contributed by atoms with E-state index in [-0.39, 0.29) is 17.6 Å². The fourth-order valence-electron chi connectivity index (χ4n) is 3.10. The summed E-state index contributed by atoms with van der Waals surface area (Å²) in [4.78, 5) is 28.6. The van der Waals surface area contributed by atoms with Crippen LogP contribution in [0.15, 0.2) is 48.1 Å². The van der Waals surface area contributed by atoms with Crippen molar-refractivity contribution in [3.8, 4) is 0 Å². The molecule has 0 amide bonds. The van der Waals surface area contributed by atoms with E-state index < -0.39 is 36.2 Å². The fraction of sp³-hybridized carbons (Fsp3) is 0.474. The number of allylic oxidation sites excluding steroid dienone is 1. The maximum absolute atomic E-state index is 12.0. The summed E-state index contributed by atoms with van der Waals surface area (Å²) in [7, 11) is 0. The van der Waals surface area contributed by atoms with E-state index in [0.717, 1.165) is 5.57 Å². The molecule has 0 aromatic rings. The summed E-state index contributed by atoms with van der Waals surface area (Å²) in [5, 5.41) is 9.12. The number of fused-ring (bicyclic) bond motifs is 1. The van der Waals surface area contributed by atoms with Gasteiger partial charge in [0.05, 0.1) is 5.92 Å². The van der Waals surface area contributed by atoms with Gasteiger partial charge in [0.1, 0.15) is 18.3 Å². The third-order valence-corrected chi connectivity index (χ3v) is 4.56. The van der Waals surface area contributed by atoms with Crippen LogP contribution in [0.5, 0.6) is 0 Å². The summed E-state index contributed by atoms with van der Waals surface area (Å²) in [5.74, 6) is -1.58. The molecule has 6 heteroatoms. The number of hydrogen-bond acceptors (Lipinski definition) is 6. The first-order valence-electron chi connectivity index (χ1n) is 8.16. The molecule has 0 aromatic heterocycles. The number of carbonyl (C=O) groups excluding carboxylic acids is 2. The van der Waals surface area contributed by atoms with Crippen molar-refractivity contribution in [2.75, 3.05) is 0 Å². The molecule has 1 heterocycles. The molecule has 6 nitrogen and oxygen atoms in total. The van der Waals surface area contributed by atoms with E-state index in [2.05, 4.69) is 24.6 Å². The summed E-state index contributed by atoms with van der Waals surface area (Å²) in [6, 6.07) is 0. The van der Waals surface area contributed by atoms with Gasteiger partial charge in [-0.2, -0.15) is 0 Å². The van der Waals surface area contributed by atoms with Gasteiger partial charge in [-0.1, -0.05) is 25.3 Å². The largest absolute Gasteiger partial charge is 0.458 e. The van der Waals surface area contributed by atoms with Crippen molar-refractivity contribution in [3.05, 3.63) is 48.1 Å². The second-order valence-electron chi connectivity index (χ2n) is 6.65. The number of esters is 2. The molecule has 136 valence electrons. The topological polar surface area (TPSA) is 82.1 Å². The molecule has 0 saturated carbocycles. The second-order valence-corrected chi connectivity index (χ2v) is 6.65. The molecule has 1 N–H and O–H groups in total. The number of ether oxygens (including phenoxy) is 2. The summed E-state index contributed by atoms with van der Waals surface area (Å²) in [6.07, 6.45) is 1.40. The third-order valence-electron chi connectivity index (χ3n) is 4.56. The van der Waals surface area contributed by atoms with Crippen LogP contribution in [-0.4, -0.2) is 35.5 Å². The molecule has 1 fully saturated rings. The van der Waals surface area contributed by atoms with Gasteiger partial charge in [-0.15, -0.1) is 0 Å². The number of rotatable bonds is 3. The zero-order chi connectivity index (χ0) is 18.7. The molecule has 0 aromatic carbocycles. The Morgan fingerprint density at radius 1 is 1.40 bits per heavy atom. The molecule has 0 spiro atoms. The summed E-state index contributed by atoms with van der Waals surface area (Å²) >= 11 is 0. The van der Waals surface area contributed by atoms with E-state index in [1.807, 2.05) is 6.92 Å². The van der Waals surface area contributed by atoms with Gasteiger partial charge in [0.15, 0.2) is 0 Å². The number of carbonyl (C=O) groups is 2. The quantitative estimate of drug-likeness (QED) is 0.277. The Morgan fingerprint density at radius 3 is 2.68 bits per heavy atom. The average molecular weight is 348 g/mol. The van der Waals surface area contributed by atoms with Crippen molar-refractivity contribution in [2.45, 2.75) is 51.4 Å². The fourth-order valence-corrected chi connectivity index (χ4v) is 3.10. The van der Waals surface area contributed by atoms with Crippen LogP contribution in [0, 0.1) is 5.92 Å². The van der Waals surface area contributed by atoms with E-state index in [1.165, 1.54) is 0 Å². The van der Waals surface area contributed by atoms with Gasteiger partial charge in [-0.25, -0.2) is 14.5 Å². The zero-order valence-electron chi connectivity index (χ0n) is 14.6. The monoisotopic (exact) mass is 348 g/mol. The molecular formula is C19H24O6. The maximum atomic E-state index is 12.0. The van der Waals surface area contributed by atoms with Crippen molar-refractivity contribution >= 4 is 11.9 Å². The van der Waals surface area contributed by atoms with Gasteiger partial charge < -0.3 is 9.47 Å². The molecule has 2 rings (SSSR count). The van der Waals surface area contributed by atoms with Gasteiger partial charge in [0, 0.05) is 17.6 Å². The van der Waals surface area contributed by atoms with Gasteiger partial charge >= 0.3 is 11.9 Å². The highest BCUT2D eigenvalue weighted by atomic mass is 17.1. The molecular weight excluding hydrogens is 324 g/mol. The van der Waals surface area contributed by atoms with Gasteiger partial charge in [0.2, 0.25) is 0 Å². The minimum absolute atomic E-state index is 0.253. The van der Waals surface area contributed by atoms with E-state index in [0.29, 0.717) is 18.4 Å². The lowest BCUT2D eigenvalue weighted by Gasteiger charge is -2.28. The Hall–Kier alpha value is -2.18. The van der Waals surface area contributed by atoms with Crippen molar-refractivity contribution in [1.29, 1.82) is 0 Å². The molecule has 1 saturated heterocycles. The lowest BCUT2D eigenvalue weighted by molar-refractivity contribution is -0.270. The molecule has 25 heavy (non-hydrogen) atoms. The first kappa shape index (κ1) is 19.1. The third kappa shape index (κ3) is 4.27. The van der Waals surface area contributed by atoms with Crippen molar-refractivity contribution < 1.29 is 29.2 Å². The Labute approximate surface area is 147 Å².